The molecule has 0 saturated carbocycles. The van der Waals surface area contributed by atoms with E-state index in [1.807, 2.05) is 11.8 Å². The van der Waals surface area contributed by atoms with Crippen molar-refractivity contribution >= 4 is 11.7 Å². The van der Waals surface area contributed by atoms with Gasteiger partial charge in [-0.25, -0.2) is 0 Å². The lowest BCUT2D eigenvalue weighted by atomic mass is 10.1. The number of esters is 1. The monoisotopic (exact) mass is 324 g/mol. The fraction of sp³-hybridized carbons (Fsp3) is 0.562. The molecule has 1 atom stereocenters. The summed E-state index contributed by atoms with van der Waals surface area (Å²) < 4.78 is 10.1. The lowest BCUT2D eigenvalue weighted by Crippen LogP contribution is -2.34. The Kier molecular flexibility index (Phi) is 8.21. The van der Waals surface area contributed by atoms with Gasteiger partial charge in [0.25, 0.3) is 5.69 Å². The molecule has 1 aromatic rings. The molecule has 0 N–H and O–H groups in total. The predicted molar refractivity (Wildman–Crippen MR) is 86.0 cm³/mol. The zero-order valence-corrected chi connectivity index (χ0v) is 13.9. The molecule has 23 heavy (non-hydrogen) atoms. The number of nitrogens with zero attached hydrogens (tertiary/aromatic N) is 2. The topological polar surface area (TPSA) is 81.9 Å². The molecule has 0 aromatic heterocycles. The summed E-state index contributed by atoms with van der Waals surface area (Å²) in [5, 5.41) is 11.1. The number of nitro benzene ring substituents is 1. The average Bonchev–Trinajstić information content (AvgIpc) is 2.54. The summed E-state index contributed by atoms with van der Waals surface area (Å²) in [5.74, 6) is -0.613. The second kappa shape index (κ2) is 9.91. The van der Waals surface area contributed by atoms with Crippen LogP contribution in [0.3, 0.4) is 0 Å². The summed E-state index contributed by atoms with van der Waals surface area (Å²) >= 11 is 0. The molecule has 7 heteroatoms. The minimum absolute atomic E-state index is 0.0830. The maximum absolute atomic E-state index is 11.6. The molecule has 128 valence electrons. The second-order valence-corrected chi connectivity index (χ2v) is 5.24. The van der Waals surface area contributed by atoms with Gasteiger partial charge in [-0.3, -0.25) is 19.8 Å². The van der Waals surface area contributed by atoms with Gasteiger partial charge in [-0.15, -0.1) is 0 Å². The van der Waals surface area contributed by atoms with Gasteiger partial charge in [0.15, 0.2) is 0 Å². The van der Waals surface area contributed by atoms with Gasteiger partial charge in [-0.1, -0.05) is 25.1 Å². The molecule has 0 saturated heterocycles. The summed E-state index contributed by atoms with van der Waals surface area (Å²) in [4.78, 5) is 24.3. The first-order chi connectivity index (χ1) is 11.0. The van der Waals surface area contributed by atoms with Crippen molar-refractivity contribution in [3.8, 4) is 0 Å². The van der Waals surface area contributed by atoms with Gasteiger partial charge in [0, 0.05) is 37.9 Å². The Morgan fingerprint density at radius 3 is 2.70 bits per heavy atom. The highest BCUT2D eigenvalue weighted by atomic mass is 16.6. The number of benzene rings is 1. The maximum atomic E-state index is 11.6. The van der Waals surface area contributed by atoms with E-state index in [9.17, 15) is 14.9 Å². The molecule has 1 rings (SSSR count). The van der Waals surface area contributed by atoms with E-state index in [-0.39, 0.29) is 22.5 Å². The fourth-order valence-corrected chi connectivity index (χ4v) is 2.30. The van der Waals surface area contributed by atoms with E-state index in [2.05, 4.69) is 0 Å². The highest BCUT2D eigenvalue weighted by Gasteiger charge is 2.20. The Labute approximate surface area is 136 Å². The molecule has 0 spiro atoms. The Balaban J connectivity index is 2.83. The van der Waals surface area contributed by atoms with E-state index < -0.39 is 0 Å². The van der Waals surface area contributed by atoms with Gasteiger partial charge in [0.1, 0.15) is 0 Å². The Morgan fingerprint density at radius 1 is 1.39 bits per heavy atom. The summed E-state index contributed by atoms with van der Waals surface area (Å²) in [7, 11) is 1.35. The summed E-state index contributed by atoms with van der Waals surface area (Å²) in [6, 6.07) is 6.63. The zero-order valence-electron chi connectivity index (χ0n) is 13.9. The van der Waals surface area contributed by atoms with Crippen molar-refractivity contribution in [2.75, 3.05) is 33.4 Å². The number of carbonyl (C=O) groups is 1. The minimum atomic E-state index is -0.389. The first-order valence-electron chi connectivity index (χ1n) is 7.59. The molecular weight excluding hydrogens is 300 g/mol. The van der Waals surface area contributed by atoms with Gasteiger partial charge >= 0.3 is 5.97 Å². The first-order valence-corrected chi connectivity index (χ1v) is 7.59. The van der Waals surface area contributed by atoms with E-state index in [4.69, 9.17) is 9.47 Å². The van der Waals surface area contributed by atoms with Crippen LogP contribution >= 0.6 is 0 Å². The van der Waals surface area contributed by atoms with Crippen LogP contribution in [-0.2, 0) is 20.8 Å². The number of hydrogen-bond donors (Lipinski definition) is 0. The number of carbonyl (C=O) groups excluding carboxylic acids is 1. The van der Waals surface area contributed by atoms with Crippen LogP contribution in [0.4, 0.5) is 5.69 Å². The van der Waals surface area contributed by atoms with Crippen LogP contribution in [0.25, 0.3) is 0 Å². The third kappa shape index (κ3) is 6.33. The van der Waals surface area contributed by atoms with Crippen LogP contribution in [0.1, 0.15) is 19.4 Å². The van der Waals surface area contributed by atoms with Crippen LogP contribution in [0.15, 0.2) is 24.3 Å². The molecule has 0 aliphatic heterocycles. The van der Waals surface area contributed by atoms with Crippen molar-refractivity contribution in [1.82, 2.24) is 4.90 Å². The van der Waals surface area contributed by atoms with Crippen LogP contribution in [-0.4, -0.2) is 49.2 Å². The largest absolute Gasteiger partial charge is 0.469 e. The number of methoxy groups -OCH3 is 1. The smallest absolute Gasteiger partial charge is 0.309 e. The van der Waals surface area contributed by atoms with Crippen LogP contribution < -0.4 is 0 Å². The predicted octanol–water partition coefficient (Wildman–Crippen LogP) is 2.24. The third-order valence-electron chi connectivity index (χ3n) is 3.47. The number of hydrogen-bond acceptors (Lipinski definition) is 6. The Hall–Kier alpha value is -1.99. The molecule has 0 fully saturated rings. The molecule has 1 unspecified atom stereocenters. The number of ether oxygens (including phenoxy) is 2. The third-order valence-corrected chi connectivity index (χ3v) is 3.47. The minimum Gasteiger partial charge on any atom is -0.469 e. The van der Waals surface area contributed by atoms with Crippen molar-refractivity contribution in [3.05, 3.63) is 39.9 Å². The standard InChI is InChI=1S/C16H24N2O5/c1-4-23-10-9-17(11-13(2)16(19)22-3)12-14-7-5-6-8-15(14)18(20)21/h5-8,13H,4,9-12H2,1-3H3. The zero-order chi connectivity index (χ0) is 17.2. The van der Waals surface area contributed by atoms with E-state index in [1.165, 1.54) is 13.2 Å². The van der Waals surface area contributed by atoms with Crippen molar-refractivity contribution in [2.45, 2.75) is 20.4 Å². The van der Waals surface area contributed by atoms with E-state index in [0.717, 1.165) is 0 Å². The molecule has 0 amide bonds. The van der Waals surface area contributed by atoms with Crippen LogP contribution in [0, 0.1) is 16.0 Å². The normalized spacial score (nSPS) is 12.2. The second-order valence-electron chi connectivity index (χ2n) is 5.24. The van der Waals surface area contributed by atoms with Crippen molar-refractivity contribution in [1.29, 1.82) is 0 Å². The SMILES string of the molecule is CCOCCN(Cc1ccccc1[N+](=O)[O-])CC(C)C(=O)OC. The van der Waals surface area contributed by atoms with Gasteiger partial charge in [-0.2, -0.15) is 0 Å². The highest BCUT2D eigenvalue weighted by Crippen LogP contribution is 2.20. The number of para-hydroxylation sites is 1. The molecule has 0 radical (unpaired) electrons. The molecule has 0 aliphatic carbocycles. The van der Waals surface area contributed by atoms with Crippen molar-refractivity contribution in [2.24, 2.45) is 5.92 Å². The molecular formula is C16H24N2O5. The van der Waals surface area contributed by atoms with Gasteiger partial charge in [0.2, 0.25) is 0 Å². The summed E-state index contributed by atoms with van der Waals surface area (Å²) in [5.41, 5.74) is 0.700. The van der Waals surface area contributed by atoms with Crippen LogP contribution in [0.5, 0.6) is 0 Å². The van der Waals surface area contributed by atoms with Crippen molar-refractivity contribution < 1.29 is 19.2 Å². The summed E-state index contributed by atoms with van der Waals surface area (Å²) in [6.07, 6.45) is 0. The molecule has 0 bridgehead atoms. The molecule has 0 heterocycles. The highest BCUT2D eigenvalue weighted by molar-refractivity contribution is 5.72. The first kappa shape index (κ1) is 19.1. The molecule has 1 aromatic carbocycles. The Morgan fingerprint density at radius 2 is 2.09 bits per heavy atom. The van der Waals surface area contributed by atoms with Crippen LogP contribution in [0.2, 0.25) is 0 Å². The van der Waals surface area contributed by atoms with Gasteiger partial charge in [0.05, 0.1) is 24.6 Å². The lowest BCUT2D eigenvalue weighted by molar-refractivity contribution is -0.385. The molecule has 7 nitrogen and oxygen atoms in total. The number of nitro groups is 1. The van der Waals surface area contributed by atoms with E-state index >= 15 is 0 Å². The van der Waals surface area contributed by atoms with E-state index in [0.29, 0.717) is 38.4 Å². The molecule has 0 aliphatic rings. The fourth-order valence-electron chi connectivity index (χ4n) is 2.30. The van der Waals surface area contributed by atoms with Gasteiger partial charge < -0.3 is 9.47 Å². The number of rotatable bonds is 10. The maximum Gasteiger partial charge on any atom is 0.309 e. The average molecular weight is 324 g/mol. The van der Waals surface area contributed by atoms with Gasteiger partial charge in [-0.05, 0) is 6.92 Å². The quantitative estimate of drug-likeness (QED) is 0.284. The van der Waals surface area contributed by atoms with Crippen molar-refractivity contribution in [3.63, 3.8) is 0 Å². The summed E-state index contributed by atoms with van der Waals surface area (Å²) in [6.45, 7) is 6.21. The lowest BCUT2D eigenvalue weighted by Gasteiger charge is -2.24. The van der Waals surface area contributed by atoms with E-state index in [1.54, 1.807) is 25.1 Å². The Bertz CT molecular complexity index is 521.